The Morgan fingerprint density at radius 2 is 1.78 bits per heavy atom. The average molecular weight is 275 g/mol. The Hall–Kier alpha value is -0.130. The van der Waals surface area contributed by atoms with Gasteiger partial charge in [0, 0.05) is 26.3 Å². The summed E-state index contributed by atoms with van der Waals surface area (Å²) in [4.78, 5) is 0. The maximum Gasteiger partial charge on any atom is 0.151 e. The first-order chi connectivity index (χ1) is 8.62. The normalized spacial score (nSPS) is 20.6. The van der Waals surface area contributed by atoms with Gasteiger partial charge in [-0.15, -0.1) is 0 Å². The van der Waals surface area contributed by atoms with Gasteiger partial charge in [-0.05, 0) is 43.9 Å². The van der Waals surface area contributed by atoms with E-state index in [1.807, 2.05) is 0 Å². The van der Waals surface area contributed by atoms with Crippen LogP contribution in [0.1, 0.15) is 32.1 Å². The second-order valence-corrected chi connectivity index (χ2v) is 7.96. The number of hydrogen-bond acceptors (Lipinski definition) is 4. The molecule has 0 aromatic heterocycles. The van der Waals surface area contributed by atoms with Crippen LogP contribution in [0.2, 0.25) is 0 Å². The molecule has 0 amide bonds. The van der Waals surface area contributed by atoms with Crippen molar-refractivity contribution in [3.8, 4) is 0 Å². The van der Waals surface area contributed by atoms with E-state index in [4.69, 9.17) is 4.74 Å². The van der Waals surface area contributed by atoms with Crippen molar-refractivity contribution in [3.05, 3.63) is 0 Å². The van der Waals surface area contributed by atoms with Crippen LogP contribution in [-0.2, 0) is 14.6 Å². The lowest BCUT2D eigenvalue weighted by molar-refractivity contribution is 0.199. The van der Waals surface area contributed by atoms with Crippen molar-refractivity contribution in [1.82, 2.24) is 5.32 Å². The molecule has 0 unspecified atom stereocenters. The van der Waals surface area contributed by atoms with Gasteiger partial charge in [0.05, 0.1) is 11.5 Å². The first kappa shape index (κ1) is 14.3. The molecule has 0 aliphatic heterocycles. The summed E-state index contributed by atoms with van der Waals surface area (Å²) in [7, 11) is -1.30. The SMILES string of the molecule is COCCCS(=O)(=O)CCNC(C1CC1)C1CC1. The lowest BCUT2D eigenvalue weighted by Crippen LogP contribution is -2.36. The third-order valence-electron chi connectivity index (χ3n) is 3.86. The quantitative estimate of drug-likeness (QED) is 0.609. The summed E-state index contributed by atoms with van der Waals surface area (Å²) in [5.74, 6) is 2.18. The van der Waals surface area contributed by atoms with Crippen LogP contribution in [0.25, 0.3) is 0 Å². The molecule has 0 bridgehead atoms. The molecule has 0 aromatic rings. The minimum absolute atomic E-state index is 0.250. The number of nitrogens with one attached hydrogen (secondary N) is 1. The van der Waals surface area contributed by atoms with Gasteiger partial charge < -0.3 is 10.1 Å². The summed E-state index contributed by atoms with van der Waals surface area (Å²) in [5, 5.41) is 3.48. The second kappa shape index (κ2) is 6.35. The molecule has 106 valence electrons. The Balaban J connectivity index is 1.63. The van der Waals surface area contributed by atoms with E-state index in [0.717, 1.165) is 11.8 Å². The molecule has 18 heavy (non-hydrogen) atoms. The molecule has 0 spiro atoms. The van der Waals surface area contributed by atoms with Crippen LogP contribution in [0, 0.1) is 11.8 Å². The lowest BCUT2D eigenvalue weighted by atomic mass is 10.1. The number of hydrogen-bond donors (Lipinski definition) is 1. The zero-order valence-electron chi connectivity index (χ0n) is 11.2. The Morgan fingerprint density at radius 1 is 1.17 bits per heavy atom. The average Bonchev–Trinajstić information content (AvgIpc) is 3.15. The Kier molecular flexibility index (Phi) is 5.04. The van der Waals surface area contributed by atoms with Crippen LogP contribution in [0.5, 0.6) is 0 Å². The maximum atomic E-state index is 11.8. The van der Waals surface area contributed by atoms with Crippen LogP contribution in [-0.4, -0.2) is 46.2 Å². The summed E-state index contributed by atoms with van der Waals surface area (Å²) in [6.07, 6.45) is 5.92. The Morgan fingerprint density at radius 3 is 2.28 bits per heavy atom. The highest BCUT2D eigenvalue weighted by molar-refractivity contribution is 7.91. The minimum Gasteiger partial charge on any atom is -0.385 e. The summed E-state index contributed by atoms with van der Waals surface area (Å²) in [6, 6.07) is 0.596. The van der Waals surface area contributed by atoms with Crippen molar-refractivity contribution in [2.45, 2.75) is 38.1 Å². The van der Waals surface area contributed by atoms with Gasteiger partial charge in [-0.2, -0.15) is 0 Å². The fraction of sp³-hybridized carbons (Fsp3) is 1.00. The van der Waals surface area contributed by atoms with Crippen molar-refractivity contribution < 1.29 is 13.2 Å². The minimum atomic E-state index is -2.90. The van der Waals surface area contributed by atoms with E-state index in [0.29, 0.717) is 25.6 Å². The summed E-state index contributed by atoms with van der Waals surface area (Å²) in [6.45, 7) is 1.15. The van der Waals surface area contributed by atoms with Crippen molar-refractivity contribution in [3.63, 3.8) is 0 Å². The number of methoxy groups -OCH3 is 1. The standard InChI is InChI=1S/C13H25NO3S/c1-17-8-2-9-18(15,16)10-7-14-13(11-3-4-11)12-5-6-12/h11-14H,2-10H2,1H3. The lowest BCUT2D eigenvalue weighted by Gasteiger charge is -2.17. The van der Waals surface area contributed by atoms with Crippen molar-refractivity contribution >= 4 is 9.84 Å². The molecule has 2 fully saturated rings. The number of ether oxygens (including phenoxy) is 1. The molecule has 2 rings (SSSR count). The second-order valence-electron chi connectivity index (χ2n) is 5.65. The van der Waals surface area contributed by atoms with E-state index in [-0.39, 0.29) is 11.5 Å². The topological polar surface area (TPSA) is 55.4 Å². The van der Waals surface area contributed by atoms with Crippen LogP contribution < -0.4 is 5.32 Å². The molecule has 0 radical (unpaired) electrons. The highest BCUT2D eigenvalue weighted by atomic mass is 32.2. The fourth-order valence-electron chi connectivity index (χ4n) is 2.54. The van der Waals surface area contributed by atoms with Gasteiger partial charge in [0.25, 0.3) is 0 Å². The molecular weight excluding hydrogens is 250 g/mol. The molecule has 2 aliphatic rings. The smallest absolute Gasteiger partial charge is 0.151 e. The van der Waals surface area contributed by atoms with Gasteiger partial charge in [-0.3, -0.25) is 0 Å². The molecule has 1 N–H and O–H groups in total. The molecule has 2 saturated carbocycles. The van der Waals surface area contributed by atoms with Gasteiger partial charge in [0.2, 0.25) is 0 Å². The summed E-state index contributed by atoms with van der Waals surface area (Å²) < 4.78 is 28.4. The molecule has 0 heterocycles. The number of sulfone groups is 1. The zero-order valence-corrected chi connectivity index (χ0v) is 12.0. The van der Waals surface area contributed by atoms with Crippen LogP contribution in [0.3, 0.4) is 0 Å². The first-order valence-corrected chi connectivity index (χ1v) is 8.87. The van der Waals surface area contributed by atoms with E-state index < -0.39 is 9.84 Å². The van der Waals surface area contributed by atoms with Crippen LogP contribution >= 0.6 is 0 Å². The molecular formula is C13H25NO3S. The van der Waals surface area contributed by atoms with Crippen molar-refractivity contribution in [2.24, 2.45) is 11.8 Å². The van der Waals surface area contributed by atoms with Gasteiger partial charge in [-0.25, -0.2) is 8.42 Å². The van der Waals surface area contributed by atoms with Gasteiger partial charge in [0.15, 0.2) is 9.84 Å². The largest absolute Gasteiger partial charge is 0.385 e. The zero-order chi connectivity index (χ0) is 13.0. The van der Waals surface area contributed by atoms with E-state index in [1.54, 1.807) is 7.11 Å². The molecule has 0 aromatic carbocycles. The van der Waals surface area contributed by atoms with E-state index in [2.05, 4.69) is 5.32 Å². The monoisotopic (exact) mass is 275 g/mol. The Bertz CT molecular complexity index is 335. The van der Waals surface area contributed by atoms with E-state index in [9.17, 15) is 8.42 Å². The molecule has 0 saturated heterocycles. The molecule has 2 aliphatic carbocycles. The summed E-state index contributed by atoms with van der Waals surface area (Å²) in [5.41, 5.74) is 0. The van der Waals surface area contributed by atoms with Crippen molar-refractivity contribution in [2.75, 3.05) is 31.8 Å². The third-order valence-corrected chi connectivity index (χ3v) is 5.59. The predicted octanol–water partition coefficient (Wildman–Crippen LogP) is 1.22. The molecule has 0 atom stereocenters. The molecule has 4 nitrogen and oxygen atoms in total. The first-order valence-electron chi connectivity index (χ1n) is 7.05. The third kappa shape index (κ3) is 4.86. The van der Waals surface area contributed by atoms with E-state index in [1.165, 1.54) is 25.7 Å². The highest BCUT2D eigenvalue weighted by Crippen LogP contribution is 2.44. The van der Waals surface area contributed by atoms with Crippen LogP contribution in [0.4, 0.5) is 0 Å². The van der Waals surface area contributed by atoms with Crippen molar-refractivity contribution in [1.29, 1.82) is 0 Å². The number of rotatable bonds is 10. The predicted molar refractivity (Wildman–Crippen MR) is 72.4 cm³/mol. The highest BCUT2D eigenvalue weighted by Gasteiger charge is 2.40. The summed E-state index contributed by atoms with van der Waals surface area (Å²) >= 11 is 0. The van der Waals surface area contributed by atoms with Gasteiger partial charge in [0.1, 0.15) is 0 Å². The van der Waals surface area contributed by atoms with Gasteiger partial charge >= 0.3 is 0 Å². The van der Waals surface area contributed by atoms with Crippen LogP contribution in [0.15, 0.2) is 0 Å². The van der Waals surface area contributed by atoms with Gasteiger partial charge in [-0.1, -0.05) is 0 Å². The Labute approximate surface area is 110 Å². The maximum absolute atomic E-state index is 11.8. The van der Waals surface area contributed by atoms with E-state index >= 15 is 0 Å². The fourth-order valence-corrected chi connectivity index (χ4v) is 3.73. The molecule has 5 heteroatoms.